The minimum absolute atomic E-state index is 0. The summed E-state index contributed by atoms with van der Waals surface area (Å²) in [5, 5.41) is 0. The Hall–Kier alpha value is -0.280. The van der Waals surface area contributed by atoms with Gasteiger partial charge in [0, 0.05) is 25.6 Å². The van der Waals surface area contributed by atoms with Crippen LogP contribution in [0.2, 0.25) is 0 Å². The van der Waals surface area contributed by atoms with Gasteiger partial charge in [0.25, 0.3) is 0 Å². The van der Waals surface area contributed by atoms with Gasteiger partial charge < -0.3 is 10.6 Å². The molecule has 1 aliphatic heterocycles. The second-order valence-electron chi connectivity index (χ2n) is 6.37. The summed E-state index contributed by atoms with van der Waals surface area (Å²) in [5.41, 5.74) is 5.78. The van der Waals surface area contributed by atoms with E-state index in [2.05, 4.69) is 4.90 Å². The number of amides is 1. The van der Waals surface area contributed by atoms with Crippen LogP contribution in [0.1, 0.15) is 70.6 Å². The van der Waals surface area contributed by atoms with Crippen molar-refractivity contribution in [3.63, 3.8) is 0 Å². The van der Waals surface area contributed by atoms with Crippen molar-refractivity contribution in [2.75, 3.05) is 13.1 Å². The summed E-state index contributed by atoms with van der Waals surface area (Å²) < 4.78 is 0. The van der Waals surface area contributed by atoms with Crippen molar-refractivity contribution in [2.24, 2.45) is 11.7 Å². The van der Waals surface area contributed by atoms with Gasteiger partial charge in [0.05, 0.1) is 0 Å². The van der Waals surface area contributed by atoms with Crippen molar-refractivity contribution >= 4 is 18.3 Å². The van der Waals surface area contributed by atoms with E-state index in [1.165, 1.54) is 44.9 Å². The molecule has 118 valence electrons. The maximum absolute atomic E-state index is 12.3. The van der Waals surface area contributed by atoms with Crippen LogP contribution < -0.4 is 5.73 Å². The molecule has 0 aromatic rings. The van der Waals surface area contributed by atoms with Gasteiger partial charge in [-0.15, -0.1) is 12.4 Å². The van der Waals surface area contributed by atoms with Crippen LogP contribution in [0, 0.1) is 5.92 Å². The number of halogens is 1. The van der Waals surface area contributed by atoms with Crippen LogP contribution in [0.15, 0.2) is 0 Å². The van der Waals surface area contributed by atoms with Crippen LogP contribution >= 0.6 is 12.4 Å². The molecule has 1 amide bonds. The Labute approximate surface area is 130 Å². The van der Waals surface area contributed by atoms with Gasteiger partial charge in [-0.25, -0.2) is 0 Å². The van der Waals surface area contributed by atoms with Crippen molar-refractivity contribution in [3.05, 3.63) is 0 Å². The Morgan fingerprint density at radius 3 is 2.45 bits per heavy atom. The largest absolute Gasteiger partial charge is 0.338 e. The maximum atomic E-state index is 12.3. The smallest absolute Gasteiger partial charge is 0.222 e. The molecule has 1 atom stereocenters. The van der Waals surface area contributed by atoms with Crippen LogP contribution in [0.4, 0.5) is 0 Å². The minimum Gasteiger partial charge on any atom is -0.338 e. The zero-order valence-electron chi connectivity index (χ0n) is 12.7. The molecule has 0 aromatic heterocycles. The van der Waals surface area contributed by atoms with Gasteiger partial charge in [-0.2, -0.15) is 0 Å². The molecule has 1 saturated heterocycles. The van der Waals surface area contributed by atoms with E-state index in [4.69, 9.17) is 5.73 Å². The van der Waals surface area contributed by atoms with E-state index in [9.17, 15) is 4.79 Å². The highest BCUT2D eigenvalue weighted by Gasteiger charge is 2.25. The van der Waals surface area contributed by atoms with E-state index in [-0.39, 0.29) is 12.4 Å². The summed E-state index contributed by atoms with van der Waals surface area (Å²) >= 11 is 0. The average molecular weight is 303 g/mol. The fourth-order valence-electron chi connectivity index (χ4n) is 3.74. The fraction of sp³-hybridized carbons (Fsp3) is 0.938. The molecule has 1 aliphatic carbocycles. The first-order valence-electron chi connectivity index (χ1n) is 8.31. The number of hydrogen-bond donors (Lipinski definition) is 1. The molecular weight excluding hydrogens is 272 g/mol. The second kappa shape index (κ2) is 9.62. The minimum atomic E-state index is 0. The van der Waals surface area contributed by atoms with Gasteiger partial charge in [-0.3, -0.25) is 4.79 Å². The van der Waals surface area contributed by atoms with Crippen LogP contribution in [-0.2, 0) is 4.79 Å². The zero-order valence-corrected chi connectivity index (χ0v) is 13.5. The molecule has 2 aliphatic rings. The monoisotopic (exact) mass is 302 g/mol. The molecule has 2 rings (SSSR count). The average Bonchev–Trinajstić information content (AvgIpc) is 2.48. The molecule has 1 heterocycles. The van der Waals surface area contributed by atoms with Crippen LogP contribution in [-0.4, -0.2) is 29.9 Å². The third-order valence-corrected chi connectivity index (χ3v) is 4.95. The molecule has 20 heavy (non-hydrogen) atoms. The Balaban J connectivity index is 0.00000200. The van der Waals surface area contributed by atoms with Gasteiger partial charge in [-0.05, 0) is 38.0 Å². The summed E-state index contributed by atoms with van der Waals surface area (Å²) in [5.74, 6) is 1.25. The van der Waals surface area contributed by atoms with Gasteiger partial charge in [0.15, 0.2) is 0 Å². The lowest BCUT2D eigenvalue weighted by molar-refractivity contribution is -0.134. The summed E-state index contributed by atoms with van der Waals surface area (Å²) in [6.07, 6.45) is 13.6. The van der Waals surface area contributed by atoms with E-state index in [1.54, 1.807) is 0 Å². The molecule has 1 saturated carbocycles. The number of hydrogen-bond acceptors (Lipinski definition) is 2. The molecule has 1 unspecified atom stereocenters. The number of nitrogens with zero attached hydrogens (tertiary/aromatic N) is 1. The van der Waals surface area contributed by atoms with Gasteiger partial charge in [0.2, 0.25) is 5.91 Å². The highest BCUT2D eigenvalue weighted by atomic mass is 35.5. The lowest BCUT2D eigenvalue weighted by Crippen LogP contribution is -2.47. The van der Waals surface area contributed by atoms with Crippen LogP contribution in [0.3, 0.4) is 0 Å². The summed E-state index contributed by atoms with van der Waals surface area (Å²) in [4.78, 5) is 14.3. The first kappa shape index (κ1) is 17.8. The number of piperidine rings is 1. The van der Waals surface area contributed by atoms with Crippen LogP contribution in [0.5, 0.6) is 0 Å². The second-order valence-corrected chi connectivity index (χ2v) is 6.37. The number of rotatable bonds is 5. The molecule has 0 spiro atoms. The third kappa shape index (κ3) is 5.25. The molecule has 0 aromatic carbocycles. The fourth-order valence-corrected chi connectivity index (χ4v) is 3.74. The Bertz CT molecular complexity index is 280. The number of likely N-dealkylation sites (tertiary alicyclic amines) is 1. The highest BCUT2D eigenvalue weighted by Crippen LogP contribution is 2.28. The molecule has 4 heteroatoms. The normalized spacial score (nSPS) is 24.2. The van der Waals surface area contributed by atoms with E-state index in [1.807, 2.05) is 0 Å². The van der Waals surface area contributed by atoms with Crippen LogP contribution in [0.25, 0.3) is 0 Å². The summed E-state index contributed by atoms with van der Waals surface area (Å²) in [7, 11) is 0. The van der Waals surface area contributed by atoms with E-state index in [0.717, 1.165) is 38.1 Å². The predicted molar refractivity (Wildman–Crippen MR) is 86.1 cm³/mol. The number of carbonyl (C=O) groups excluding carboxylic acids is 1. The van der Waals surface area contributed by atoms with E-state index in [0.29, 0.717) is 18.5 Å². The molecule has 2 fully saturated rings. The molecule has 0 bridgehead atoms. The third-order valence-electron chi connectivity index (χ3n) is 4.95. The van der Waals surface area contributed by atoms with Crippen molar-refractivity contribution in [2.45, 2.75) is 76.7 Å². The van der Waals surface area contributed by atoms with Crippen molar-refractivity contribution < 1.29 is 4.79 Å². The standard InChI is InChI=1S/C16H30N2O.ClH/c17-13-15-10-4-5-12-18(15)16(19)11-6-9-14-7-2-1-3-8-14;/h14-15H,1-13,17H2;1H. The molecule has 2 N–H and O–H groups in total. The molecule has 3 nitrogen and oxygen atoms in total. The number of nitrogens with two attached hydrogens (primary N) is 1. The Morgan fingerprint density at radius 2 is 1.75 bits per heavy atom. The first-order chi connectivity index (χ1) is 9.31. The lowest BCUT2D eigenvalue weighted by Gasteiger charge is -2.35. The lowest BCUT2D eigenvalue weighted by atomic mass is 9.86. The van der Waals surface area contributed by atoms with Crippen molar-refractivity contribution in [1.82, 2.24) is 4.90 Å². The molecule has 0 radical (unpaired) electrons. The highest BCUT2D eigenvalue weighted by molar-refractivity contribution is 5.85. The molecular formula is C16H31ClN2O. The van der Waals surface area contributed by atoms with Gasteiger partial charge >= 0.3 is 0 Å². The Morgan fingerprint density at radius 1 is 1.05 bits per heavy atom. The number of carbonyl (C=O) groups is 1. The maximum Gasteiger partial charge on any atom is 0.222 e. The summed E-state index contributed by atoms with van der Waals surface area (Å²) in [6, 6.07) is 0.316. The first-order valence-corrected chi connectivity index (χ1v) is 8.31. The predicted octanol–water partition coefficient (Wildman–Crippen LogP) is 3.50. The quantitative estimate of drug-likeness (QED) is 0.845. The van der Waals surface area contributed by atoms with Gasteiger partial charge in [-0.1, -0.05) is 32.1 Å². The van der Waals surface area contributed by atoms with E-state index >= 15 is 0 Å². The SMILES string of the molecule is Cl.NCC1CCCCN1C(=O)CCCC1CCCCC1. The zero-order chi connectivity index (χ0) is 13.5. The van der Waals surface area contributed by atoms with E-state index < -0.39 is 0 Å². The topological polar surface area (TPSA) is 46.3 Å². The van der Waals surface area contributed by atoms with Gasteiger partial charge in [0.1, 0.15) is 0 Å². The van der Waals surface area contributed by atoms with Crippen molar-refractivity contribution in [1.29, 1.82) is 0 Å². The Kier molecular flexibility index (Phi) is 8.55. The summed E-state index contributed by atoms with van der Waals surface area (Å²) in [6.45, 7) is 1.57. The van der Waals surface area contributed by atoms with Crippen molar-refractivity contribution in [3.8, 4) is 0 Å².